The summed E-state index contributed by atoms with van der Waals surface area (Å²) < 4.78 is 0. The Morgan fingerprint density at radius 1 is 1.12 bits per heavy atom. The van der Waals surface area contributed by atoms with Crippen molar-refractivity contribution in [2.75, 3.05) is 29.9 Å². The first-order chi connectivity index (χ1) is 11.8. The summed E-state index contributed by atoms with van der Waals surface area (Å²) in [6, 6.07) is 12.3. The molecule has 1 aromatic carbocycles. The summed E-state index contributed by atoms with van der Waals surface area (Å²) in [5.74, 6) is 1.86. The van der Waals surface area contributed by atoms with Gasteiger partial charge >= 0.3 is 0 Å². The fourth-order valence-electron chi connectivity index (χ4n) is 3.25. The molecule has 1 fully saturated rings. The van der Waals surface area contributed by atoms with Crippen molar-refractivity contribution in [1.29, 1.82) is 0 Å². The number of likely N-dealkylation sites (N-methyl/N-ethyl adjacent to an activating group) is 1. The molecule has 6 nitrogen and oxygen atoms in total. The highest BCUT2D eigenvalue weighted by Crippen LogP contribution is 2.23. The summed E-state index contributed by atoms with van der Waals surface area (Å²) in [4.78, 5) is 13.8. The molecule has 4 rings (SSSR count). The van der Waals surface area contributed by atoms with Gasteiger partial charge in [-0.05, 0) is 37.1 Å². The Labute approximate surface area is 141 Å². The van der Waals surface area contributed by atoms with Gasteiger partial charge in [-0.3, -0.25) is 4.98 Å². The maximum Gasteiger partial charge on any atom is 0.151 e. The number of piperidine rings is 1. The summed E-state index contributed by atoms with van der Waals surface area (Å²) >= 11 is 0. The van der Waals surface area contributed by atoms with Crippen LogP contribution in [0.5, 0.6) is 0 Å². The maximum absolute atomic E-state index is 4.77. The molecule has 3 aromatic rings. The van der Waals surface area contributed by atoms with E-state index in [1.165, 1.54) is 0 Å². The molecule has 122 valence electrons. The second-order valence-electron chi connectivity index (χ2n) is 6.15. The summed E-state index contributed by atoms with van der Waals surface area (Å²) in [5.41, 5.74) is 1.86. The number of rotatable bonds is 3. The van der Waals surface area contributed by atoms with Gasteiger partial charge < -0.3 is 9.80 Å². The third-order valence-corrected chi connectivity index (χ3v) is 4.62. The largest absolute Gasteiger partial charge is 0.354 e. The molecular weight excluding hydrogens is 300 g/mol. The SMILES string of the molecule is CN(c1cnc2ccccc2n1)[C@H]1CCCN(c2cccnn2)C1. The second kappa shape index (κ2) is 6.39. The average molecular weight is 320 g/mol. The predicted octanol–water partition coefficient (Wildman–Crippen LogP) is 2.53. The Balaban J connectivity index is 1.55. The van der Waals surface area contributed by atoms with Crippen LogP contribution in [-0.4, -0.2) is 46.3 Å². The van der Waals surface area contributed by atoms with Crippen LogP contribution in [-0.2, 0) is 0 Å². The first-order valence-electron chi connectivity index (χ1n) is 8.28. The van der Waals surface area contributed by atoms with Crippen molar-refractivity contribution >= 4 is 22.7 Å². The minimum absolute atomic E-state index is 0.385. The molecule has 0 N–H and O–H groups in total. The molecule has 2 aromatic heterocycles. The third kappa shape index (κ3) is 2.87. The van der Waals surface area contributed by atoms with E-state index in [1.54, 1.807) is 6.20 Å². The Bertz CT molecular complexity index is 822. The van der Waals surface area contributed by atoms with Gasteiger partial charge in [-0.15, -0.1) is 5.10 Å². The fraction of sp³-hybridized carbons (Fsp3) is 0.333. The highest BCUT2D eigenvalue weighted by atomic mass is 15.3. The summed E-state index contributed by atoms with van der Waals surface area (Å²) in [5, 5.41) is 8.23. The first-order valence-corrected chi connectivity index (χ1v) is 8.28. The third-order valence-electron chi connectivity index (χ3n) is 4.62. The number of nitrogens with zero attached hydrogens (tertiary/aromatic N) is 6. The molecule has 24 heavy (non-hydrogen) atoms. The van der Waals surface area contributed by atoms with E-state index in [0.29, 0.717) is 6.04 Å². The zero-order valence-corrected chi connectivity index (χ0v) is 13.7. The highest BCUT2D eigenvalue weighted by molar-refractivity contribution is 5.75. The van der Waals surface area contributed by atoms with Crippen LogP contribution in [0.3, 0.4) is 0 Å². The van der Waals surface area contributed by atoms with Crippen LogP contribution in [0.4, 0.5) is 11.6 Å². The van der Waals surface area contributed by atoms with E-state index < -0.39 is 0 Å². The first kappa shape index (κ1) is 14.8. The van der Waals surface area contributed by atoms with Crippen LogP contribution in [0.1, 0.15) is 12.8 Å². The molecule has 0 bridgehead atoms. The van der Waals surface area contributed by atoms with Gasteiger partial charge in [0, 0.05) is 32.4 Å². The van der Waals surface area contributed by atoms with Crippen molar-refractivity contribution in [1.82, 2.24) is 20.2 Å². The van der Waals surface area contributed by atoms with Gasteiger partial charge in [0.25, 0.3) is 0 Å². The Morgan fingerprint density at radius 2 is 2.00 bits per heavy atom. The quantitative estimate of drug-likeness (QED) is 0.739. The van der Waals surface area contributed by atoms with Crippen molar-refractivity contribution in [2.24, 2.45) is 0 Å². The highest BCUT2D eigenvalue weighted by Gasteiger charge is 2.25. The van der Waals surface area contributed by atoms with E-state index in [4.69, 9.17) is 4.98 Å². The minimum Gasteiger partial charge on any atom is -0.354 e. The van der Waals surface area contributed by atoms with Crippen LogP contribution in [0, 0.1) is 0 Å². The van der Waals surface area contributed by atoms with Crippen molar-refractivity contribution in [2.45, 2.75) is 18.9 Å². The lowest BCUT2D eigenvalue weighted by atomic mass is 10.0. The van der Waals surface area contributed by atoms with Crippen LogP contribution in [0.25, 0.3) is 11.0 Å². The zero-order chi connectivity index (χ0) is 16.4. The van der Waals surface area contributed by atoms with Crippen LogP contribution < -0.4 is 9.80 Å². The summed E-state index contributed by atoms with van der Waals surface area (Å²) in [6.45, 7) is 1.94. The van der Waals surface area contributed by atoms with Crippen molar-refractivity contribution in [3.63, 3.8) is 0 Å². The molecule has 1 aliphatic heterocycles. The molecular formula is C18H20N6. The maximum atomic E-state index is 4.77. The number of benzene rings is 1. The van der Waals surface area contributed by atoms with E-state index in [1.807, 2.05) is 42.6 Å². The zero-order valence-electron chi connectivity index (χ0n) is 13.7. The number of aromatic nitrogens is 4. The molecule has 1 aliphatic rings. The molecule has 0 radical (unpaired) electrons. The van der Waals surface area contributed by atoms with Crippen molar-refractivity contribution < 1.29 is 0 Å². The molecule has 1 atom stereocenters. The number of para-hydroxylation sites is 2. The number of fused-ring (bicyclic) bond motifs is 1. The van der Waals surface area contributed by atoms with Crippen LogP contribution in [0.2, 0.25) is 0 Å². The number of hydrogen-bond acceptors (Lipinski definition) is 6. The Morgan fingerprint density at radius 3 is 2.83 bits per heavy atom. The lowest BCUT2D eigenvalue weighted by molar-refractivity contribution is 0.482. The summed E-state index contributed by atoms with van der Waals surface area (Å²) in [7, 11) is 2.10. The predicted molar refractivity (Wildman–Crippen MR) is 95.2 cm³/mol. The molecule has 0 aliphatic carbocycles. The molecule has 0 saturated carbocycles. The average Bonchev–Trinajstić information content (AvgIpc) is 2.68. The Kier molecular flexibility index (Phi) is 3.94. The Hall–Kier alpha value is -2.76. The fourth-order valence-corrected chi connectivity index (χ4v) is 3.25. The lowest BCUT2D eigenvalue weighted by Crippen LogP contribution is -2.47. The minimum atomic E-state index is 0.385. The molecule has 0 spiro atoms. The van der Waals surface area contributed by atoms with E-state index in [2.05, 4.69) is 32.0 Å². The van der Waals surface area contributed by atoms with Gasteiger partial charge in [0.2, 0.25) is 0 Å². The number of anilines is 2. The standard InChI is InChI=1S/C18H20N6/c1-23(18-12-19-15-7-2-3-8-16(15)21-18)14-6-5-11-24(13-14)17-9-4-10-20-22-17/h2-4,7-10,12,14H,5-6,11,13H2,1H3/t14-/m0/s1. The van der Waals surface area contributed by atoms with E-state index in [-0.39, 0.29) is 0 Å². The monoisotopic (exact) mass is 320 g/mol. The molecule has 3 heterocycles. The van der Waals surface area contributed by atoms with Crippen molar-refractivity contribution in [3.05, 3.63) is 48.8 Å². The normalized spacial score (nSPS) is 17.9. The van der Waals surface area contributed by atoms with E-state index >= 15 is 0 Å². The van der Waals surface area contributed by atoms with Gasteiger partial charge in [0.15, 0.2) is 5.82 Å². The second-order valence-corrected chi connectivity index (χ2v) is 6.15. The smallest absolute Gasteiger partial charge is 0.151 e. The summed E-state index contributed by atoms with van der Waals surface area (Å²) in [6.07, 6.45) is 5.85. The van der Waals surface area contributed by atoms with Gasteiger partial charge in [0.05, 0.1) is 17.2 Å². The molecule has 6 heteroatoms. The van der Waals surface area contributed by atoms with E-state index in [0.717, 1.165) is 48.6 Å². The molecule has 0 amide bonds. The van der Waals surface area contributed by atoms with Gasteiger partial charge in [-0.1, -0.05) is 12.1 Å². The van der Waals surface area contributed by atoms with Crippen LogP contribution in [0.15, 0.2) is 48.8 Å². The molecule has 0 unspecified atom stereocenters. The lowest BCUT2D eigenvalue weighted by Gasteiger charge is -2.38. The van der Waals surface area contributed by atoms with E-state index in [9.17, 15) is 0 Å². The van der Waals surface area contributed by atoms with Gasteiger partial charge in [-0.25, -0.2) is 4.98 Å². The van der Waals surface area contributed by atoms with Gasteiger partial charge in [0.1, 0.15) is 5.82 Å². The molecule has 1 saturated heterocycles. The topological polar surface area (TPSA) is 58.0 Å². The van der Waals surface area contributed by atoms with Crippen molar-refractivity contribution in [3.8, 4) is 0 Å². The number of hydrogen-bond donors (Lipinski definition) is 0. The van der Waals surface area contributed by atoms with Crippen LogP contribution >= 0.6 is 0 Å². The van der Waals surface area contributed by atoms with Gasteiger partial charge in [-0.2, -0.15) is 5.10 Å².